The predicted molar refractivity (Wildman–Crippen MR) is 62.5 cm³/mol. The van der Waals surface area contributed by atoms with Gasteiger partial charge in [0.1, 0.15) is 0 Å². The third-order valence-corrected chi connectivity index (χ3v) is 2.92. The highest BCUT2D eigenvalue weighted by Crippen LogP contribution is 2.30. The lowest BCUT2D eigenvalue weighted by atomic mass is 10.1. The van der Waals surface area contributed by atoms with Crippen molar-refractivity contribution in [1.29, 1.82) is 0 Å². The topological polar surface area (TPSA) is 110 Å². The third kappa shape index (κ3) is 2.09. The molecule has 2 rings (SSSR count). The van der Waals surface area contributed by atoms with Gasteiger partial charge in [0.15, 0.2) is 0 Å². The number of nitrogens with zero attached hydrogens (tertiary/aromatic N) is 1. The molecule has 0 aromatic rings. The van der Waals surface area contributed by atoms with Crippen LogP contribution in [0.15, 0.2) is 12.2 Å². The number of hydrogen-bond acceptors (Lipinski definition) is 6. The molecule has 0 saturated carbocycles. The number of esters is 1. The maximum absolute atomic E-state index is 11.9. The first kappa shape index (κ1) is 13.9. The number of imide groups is 2. The minimum Gasteiger partial charge on any atom is -0.428 e. The molecule has 20 heavy (non-hydrogen) atoms. The highest BCUT2D eigenvalue weighted by molar-refractivity contribution is 6.19. The van der Waals surface area contributed by atoms with E-state index >= 15 is 0 Å². The summed E-state index contributed by atoms with van der Waals surface area (Å²) in [6, 6.07) is 0. The van der Waals surface area contributed by atoms with Crippen molar-refractivity contribution in [2.45, 2.75) is 31.9 Å². The van der Waals surface area contributed by atoms with E-state index in [1.807, 2.05) is 5.32 Å². The highest BCUT2D eigenvalue weighted by atomic mass is 16.6. The van der Waals surface area contributed by atoms with Crippen LogP contribution in [0.1, 0.15) is 26.2 Å². The van der Waals surface area contributed by atoms with Crippen molar-refractivity contribution in [3.05, 3.63) is 12.2 Å². The lowest BCUT2D eigenvalue weighted by molar-refractivity contribution is -0.191. The van der Waals surface area contributed by atoms with Gasteiger partial charge < -0.3 is 4.74 Å². The van der Waals surface area contributed by atoms with E-state index in [0.717, 1.165) is 12.2 Å². The molecule has 1 saturated heterocycles. The summed E-state index contributed by atoms with van der Waals surface area (Å²) in [5, 5.41) is 1.94. The Labute approximate surface area is 113 Å². The molecule has 0 aliphatic carbocycles. The van der Waals surface area contributed by atoms with Gasteiger partial charge in [-0.25, -0.2) is 4.90 Å². The first-order chi connectivity index (χ1) is 9.40. The summed E-state index contributed by atoms with van der Waals surface area (Å²) in [6.45, 7) is 1.72. The fraction of sp³-hybridized carbons (Fsp3) is 0.417. The zero-order valence-corrected chi connectivity index (χ0v) is 10.7. The lowest BCUT2D eigenvalue weighted by Crippen LogP contribution is -2.59. The Balaban J connectivity index is 2.37. The third-order valence-electron chi connectivity index (χ3n) is 2.92. The van der Waals surface area contributed by atoms with E-state index in [-0.39, 0.29) is 6.42 Å². The average Bonchev–Trinajstić information content (AvgIpc) is 2.81. The van der Waals surface area contributed by atoms with Crippen molar-refractivity contribution in [2.75, 3.05) is 0 Å². The normalized spacial score (nSPS) is 25.4. The summed E-state index contributed by atoms with van der Waals surface area (Å²) in [5.74, 6) is -4.07. The van der Waals surface area contributed by atoms with Crippen LogP contribution in [-0.4, -0.2) is 40.2 Å². The summed E-state index contributed by atoms with van der Waals surface area (Å²) in [7, 11) is 0. The number of ether oxygens (including phenoxy) is 1. The molecule has 8 nitrogen and oxygen atoms in total. The van der Waals surface area contributed by atoms with Crippen LogP contribution in [0.3, 0.4) is 0 Å². The minimum atomic E-state index is -2.21. The summed E-state index contributed by atoms with van der Waals surface area (Å²) >= 11 is 0. The molecular weight excluding hydrogens is 268 g/mol. The molecule has 0 aromatic carbocycles. The predicted octanol–water partition coefficient (Wildman–Crippen LogP) is -1.00. The number of carbonyl (C=O) groups is 5. The molecule has 106 valence electrons. The van der Waals surface area contributed by atoms with Crippen LogP contribution in [0.4, 0.5) is 0 Å². The largest absolute Gasteiger partial charge is 0.428 e. The van der Waals surface area contributed by atoms with Crippen molar-refractivity contribution in [3.8, 4) is 0 Å². The Bertz CT molecular complexity index is 534. The van der Waals surface area contributed by atoms with E-state index in [1.54, 1.807) is 6.92 Å². The summed E-state index contributed by atoms with van der Waals surface area (Å²) < 4.78 is 5.02. The molecule has 1 atom stereocenters. The van der Waals surface area contributed by atoms with Crippen LogP contribution < -0.4 is 5.32 Å². The van der Waals surface area contributed by atoms with Gasteiger partial charge >= 0.3 is 5.97 Å². The molecular formula is C12H12N2O6. The van der Waals surface area contributed by atoms with Crippen LogP contribution in [0.25, 0.3) is 0 Å². The number of nitrogens with one attached hydrogen (secondary N) is 1. The Morgan fingerprint density at radius 3 is 2.35 bits per heavy atom. The molecule has 0 radical (unpaired) electrons. The Morgan fingerprint density at radius 2 is 1.90 bits per heavy atom. The average molecular weight is 280 g/mol. The van der Waals surface area contributed by atoms with Crippen molar-refractivity contribution >= 4 is 29.6 Å². The fourth-order valence-corrected chi connectivity index (χ4v) is 2.07. The quantitative estimate of drug-likeness (QED) is 0.522. The van der Waals surface area contributed by atoms with E-state index in [9.17, 15) is 24.0 Å². The van der Waals surface area contributed by atoms with Crippen molar-refractivity contribution in [3.63, 3.8) is 0 Å². The van der Waals surface area contributed by atoms with Crippen LogP contribution in [-0.2, 0) is 28.7 Å². The van der Waals surface area contributed by atoms with Crippen molar-refractivity contribution in [1.82, 2.24) is 10.2 Å². The second kappa shape index (κ2) is 4.87. The van der Waals surface area contributed by atoms with Crippen LogP contribution >= 0.6 is 0 Å². The van der Waals surface area contributed by atoms with Gasteiger partial charge in [-0.2, -0.15) is 0 Å². The SMILES string of the molecule is CCCC(=O)OC1(N2C(=O)C=CC2=O)CC(=O)NC1=O. The molecule has 2 aliphatic heterocycles. The van der Waals surface area contributed by atoms with E-state index < -0.39 is 41.7 Å². The summed E-state index contributed by atoms with van der Waals surface area (Å²) in [5.41, 5.74) is -2.21. The second-order valence-corrected chi connectivity index (χ2v) is 4.41. The Morgan fingerprint density at radius 1 is 1.30 bits per heavy atom. The molecule has 1 N–H and O–H groups in total. The van der Waals surface area contributed by atoms with E-state index in [4.69, 9.17) is 4.74 Å². The van der Waals surface area contributed by atoms with Gasteiger partial charge in [-0.3, -0.25) is 29.3 Å². The standard InChI is InChI=1S/C12H12N2O6/c1-2-3-10(18)20-12(6-7(15)13-11(12)19)14-8(16)4-5-9(14)17/h4-5H,2-3,6H2,1H3,(H,13,15,19). The first-order valence-corrected chi connectivity index (χ1v) is 6.03. The molecule has 2 heterocycles. The smallest absolute Gasteiger partial charge is 0.308 e. The zero-order valence-electron chi connectivity index (χ0n) is 10.7. The molecule has 8 heteroatoms. The van der Waals surface area contributed by atoms with Gasteiger partial charge in [0.05, 0.1) is 6.42 Å². The number of carbonyl (C=O) groups excluding carboxylic acids is 5. The number of hydrogen-bond donors (Lipinski definition) is 1. The van der Waals surface area contributed by atoms with Crippen molar-refractivity contribution < 1.29 is 28.7 Å². The van der Waals surface area contributed by atoms with Crippen LogP contribution in [0.2, 0.25) is 0 Å². The van der Waals surface area contributed by atoms with Gasteiger partial charge in [0.25, 0.3) is 23.4 Å². The molecule has 1 unspecified atom stereocenters. The van der Waals surface area contributed by atoms with Gasteiger partial charge in [-0.15, -0.1) is 0 Å². The second-order valence-electron chi connectivity index (χ2n) is 4.41. The zero-order chi connectivity index (χ0) is 14.9. The highest BCUT2D eigenvalue weighted by Gasteiger charge is 2.59. The van der Waals surface area contributed by atoms with E-state index in [0.29, 0.717) is 11.3 Å². The molecule has 2 aliphatic rings. The van der Waals surface area contributed by atoms with Gasteiger partial charge in [-0.1, -0.05) is 6.92 Å². The lowest BCUT2D eigenvalue weighted by Gasteiger charge is -2.32. The van der Waals surface area contributed by atoms with Gasteiger partial charge in [-0.05, 0) is 6.42 Å². The number of amides is 4. The monoisotopic (exact) mass is 280 g/mol. The molecule has 0 spiro atoms. The van der Waals surface area contributed by atoms with E-state index in [2.05, 4.69) is 0 Å². The molecule has 4 amide bonds. The van der Waals surface area contributed by atoms with E-state index in [1.165, 1.54) is 0 Å². The molecule has 0 aromatic heterocycles. The van der Waals surface area contributed by atoms with Gasteiger partial charge in [0.2, 0.25) is 5.91 Å². The summed E-state index contributed by atoms with van der Waals surface area (Å²) in [6.07, 6.45) is 1.79. The number of rotatable bonds is 4. The Hall–Kier alpha value is -2.51. The molecule has 0 bridgehead atoms. The van der Waals surface area contributed by atoms with Gasteiger partial charge in [0, 0.05) is 18.6 Å². The Kier molecular flexibility index (Phi) is 3.39. The maximum atomic E-state index is 11.9. The minimum absolute atomic E-state index is 0.00682. The van der Waals surface area contributed by atoms with Crippen LogP contribution in [0.5, 0.6) is 0 Å². The molecule has 1 fully saturated rings. The first-order valence-electron chi connectivity index (χ1n) is 6.03. The summed E-state index contributed by atoms with van der Waals surface area (Å²) in [4.78, 5) is 58.9. The van der Waals surface area contributed by atoms with Crippen LogP contribution in [0, 0.1) is 0 Å². The van der Waals surface area contributed by atoms with Crippen molar-refractivity contribution in [2.24, 2.45) is 0 Å². The maximum Gasteiger partial charge on any atom is 0.308 e. The fourth-order valence-electron chi connectivity index (χ4n) is 2.07.